The second kappa shape index (κ2) is 5.85. The smallest absolute Gasteiger partial charge is 0.232 e. The van der Waals surface area contributed by atoms with Gasteiger partial charge >= 0.3 is 0 Å². The van der Waals surface area contributed by atoms with Gasteiger partial charge in [-0.15, -0.1) is 0 Å². The van der Waals surface area contributed by atoms with Crippen molar-refractivity contribution < 1.29 is 18.6 Å². The number of benzene rings is 1. The van der Waals surface area contributed by atoms with E-state index in [0.717, 1.165) is 5.56 Å². The van der Waals surface area contributed by atoms with Crippen molar-refractivity contribution in [3.8, 4) is 28.4 Å². The normalized spacial score (nSPS) is 10.8. The zero-order valence-corrected chi connectivity index (χ0v) is 13.5. The third kappa shape index (κ3) is 2.49. The van der Waals surface area contributed by atoms with Gasteiger partial charge in [0, 0.05) is 5.56 Å². The first-order chi connectivity index (χ1) is 11.1. The van der Waals surface area contributed by atoms with Crippen LogP contribution in [0.2, 0.25) is 5.15 Å². The van der Waals surface area contributed by atoms with Gasteiger partial charge in [-0.2, -0.15) is 4.98 Å². The number of nitrogen functional groups attached to an aromatic ring is 1. The molecule has 2 aromatic heterocycles. The van der Waals surface area contributed by atoms with Crippen molar-refractivity contribution >= 4 is 28.6 Å². The molecule has 0 aliphatic heterocycles. The molecule has 0 saturated carbocycles. The Hall–Kier alpha value is -2.67. The zero-order chi connectivity index (χ0) is 16.6. The lowest BCUT2D eigenvalue weighted by Gasteiger charge is -2.13. The molecule has 0 atom stereocenters. The molecule has 0 unspecified atom stereocenters. The molecular weight excluding hydrogens is 322 g/mol. The fourth-order valence-electron chi connectivity index (χ4n) is 2.36. The minimum atomic E-state index is 0.0493. The van der Waals surface area contributed by atoms with Crippen molar-refractivity contribution in [1.29, 1.82) is 0 Å². The Morgan fingerprint density at radius 1 is 1.04 bits per heavy atom. The van der Waals surface area contributed by atoms with Gasteiger partial charge in [-0.05, 0) is 17.7 Å². The minimum Gasteiger partial charge on any atom is -0.493 e. The number of halogens is 1. The molecule has 8 heteroatoms. The van der Waals surface area contributed by atoms with Gasteiger partial charge in [0.25, 0.3) is 0 Å². The quantitative estimate of drug-likeness (QED) is 0.732. The van der Waals surface area contributed by atoms with Crippen LogP contribution >= 0.6 is 11.6 Å². The minimum absolute atomic E-state index is 0.0493. The topological polar surface area (TPSA) is 92.6 Å². The third-order valence-corrected chi connectivity index (χ3v) is 3.66. The van der Waals surface area contributed by atoms with Gasteiger partial charge in [-0.1, -0.05) is 11.6 Å². The summed E-state index contributed by atoms with van der Waals surface area (Å²) in [7, 11) is 4.64. The summed E-state index contributed by atoms with van der Waals surface area (Å²) in [5.74, 6) is 1.58. The van der Waals surface area contributed by atoms with E-state index >= 15 is 0 Å². The Kier molecular flexibility index (Phi) is 3.87. The molecule has 0 fully saturated rings. The predicted molar refractivity (Wildman–Crippen MR) is 86.3 cm³/mol. The van der Waals surface area contributed by atoms with Crippen molar-refractivity contribution in [2.24, 2.45) is 0 Å². The second-order valence-electron chi connectivity index (χ2n) is 4.62. The van der Waals surface area contributed by atoms with Gasteiger partial charge in [-0.3, -0.25) is 0 Å². The number of anilines is 1. The molecule has 0 spiro atoms. The van der Waals surface area contributed by atoms with Gasteiger partial charge in [-0.25, -0.2) is 4.98 Å². The van der Waals surface area contributed by atoms with E-state index in [9.17, 15) is 0 Å². The van der Waals surface area contributed by atoms with Crippen LogP contribution in [0.25, 0.3) is 22.2 Å². The van der Waals surface area contributed by atoms with Gasteiger partial charge in [0.05, 0.1) is 26.7 Å². The highest BCUT2D eigenvalue weighted by atomic mass is 35.5. The van der Waals surface area contributed by atoms with E-state index in [1.807, 2.05) is 0 Å². The number of aromatic nitrogens is 2. The van der Waals surface area contributed by atoms with Crippen LogP contribution in [0.1, 0.15) is 0 Å². The summed E-state index contributed by atoms with van der Waals surface area (Å²) in [5.41, 5.74) is 7.35. The molecule has 0 radical (unpaired) electrons. The van der Waals surface area contributed by atoms with Crippen LogP contribution in [0.3, 0.4) is 0 Å². The number of nitrogens with zero attached hydrogens (tertiary/aromatic N) is 2. The monoisotopic (exact) mass is 335 g/mol. The Balaban J connectivity index is 2.27. The van der Waals surface area contributed by atoms with Gasteiger partial charge in [0.15, 0.2) is 11.5 Å². The summed E-state index contributed by atoms with van der Waals surface area (Å²) in [6.07, 6.45) is 1.53. The van der Waals surface area contributed by atoms with Crippen LogP contribution < -0.4 is 19.9 Å². The number of fused-ring (bicyclic) bond motifs is 1. The molecule has 3 aromatic rings. The van der Waals surface area contributed by atoms with E-state index in [0.29, 0.717) is 33.9 Å². The standard InChI is InChI=1S/C15H14ClN3O4/c1-20-9-4-7(5-10(21-2)12(9)22-3)8-6-23-14-11(8)13(16)18-15(17)19-14/h4-6H,1-3H3,(H2,17,18,19). The molecule has 7 nitrogen and oxygen atoms in total. The second-order valence-corrected chi connectivity index (χ2v) is 4.97. The van der Waals surface area contributed by atoms with E-state index < -0.39 is 0 Å². The fraction of sp³-hybridized carbons (Fsp3) is 0.200. The lowest BCUT2D eigenvalue weighted by atomic mass is 10.1. The first-order valence-electron chi connectivity index (χ1n) is 6.59. The number of hydrogen-bond acceptors (Lipinski definition) is 7. The first kappa shape index (κ1) is 15.2. The lowest BCUT2D eigenvalue weighted by Crippen LogP contribution is -1.96. The van der Waals surface area contributed by atoms with Crippen LogP contribution in [0, 0.1) is 0 Å². The van der Waals surface area contributed by atoms with Crippen molar-refractivity contribution in [2.75, 3.05) is 27.1 Å². The summed E-state index contributed by atoms with van der Waals surface area (Å²) in [6, 6.07) is 3.58. The predicted octanol–water partition coefficient (Wildman–Crippen LogP) is 3.15. The number of ether oxygens (including phenoxy) is 3. The van der Waals surface area contributed by atoms with Gasteiger partial charge < -0.3 is 24.4 Å². The molecule has 120 valence electrons. The SMILES string of the molecule is COc1cc(-c2coc3nc(N)nc(Cl)c23)cc(OC)c1OC. The molecule has 2 heterocycles. The van der Waals surface area contributed by atoms with Crippen LogP contribution in [0.15, 0.2) is 22.8 Å². The first-order valence-corrected chi connectivity index (χ1v) is 6.97. The van der Waals surface area contributed by atoms with Gasteiger partial charge in [0.2, 0.25) is 17.4 Å². The van der Waals surface area contributed by atoms with Crippen molar-refractivity contribution in [3.05, 3.63) is 23.5 Å². The molecule has 0 amide bonds. The van der Waals surface area contributed by atoms with Crippen molar-refractivity contribution in [1.82, 2.24) is 9.97 Å². The molecule has 23 heavy (non-hydrogen) atoms. The van der Waals surface area contributed by atoms with Gasteiger partial charge in [0.1, 0.15) is 11.4 Å². The highest BCUT2D eigenvalue weighted by molar-refractivity contribution is 6.35. The van der Waals surface area contributed by atoms with Crippen LogP contribution in [0.5, 0.6) is 17.2 Å². The number of methoxy groups -OCH3 is 3. The lowest BCUT2D eigenvalue weighted by molar-refractivity contribution is 0.324. The summed E-state index contributed by atoms with van der Waals surface area (Å²) in [6.45, 7) is 0. The molecule has 0 aliphatic carbocycles. The molecular formula is C15H14ClN3O4. The van der Waals surface area contributed by atoms with Crippen molar-refractivity contribution in [2.45, 2.75) is 0 Å². The van der Waals surface area contributed by atoms with E-state index in [-0.39, 0.29) is 11.1 Å². The molecule has 0 saturated heterocycles. The van der Waals surface area contributed by atoms with E-state index in [2.05, 4.69) is 9.97 Å². The Morgan fingerprint density at radius 3 is 2.26 bits per heavy atom. The highest BCUT2D eigenvalue weighted by Crippen LogP contribution is 2.43. The molecule has 0 bridgehead atoms. The molecule has 2 N–H and O–H groups in total. The summed E-state index contributed by atoms with van der Waals surface area (Å²) < 4.78 is 21.5. The molecule has 1 aromatic carbocycles. The average molecular weight is 336 g/mol. The van der Waals surface area contributed by atoms with Crippen LogP contribution in [0.4, 0.5) is 5.95 Å². The van der Waals surface area contributed by atoms with Crippen LogP contribution in [-0.4, -0.2) is 31.3 Å². The number of nitrogens with two attached hydrogens (primary N) is 1. The molecule has 0 aliphatic rings. The summed E-state index contributed by atoms with van der Waals surface area (Å²) >= 11 is 6.19. The van der Waals surface area contributed by atoms with E-state index in [1.54, 1.807) is 33.5 Å². The maximum Gasteiger partial charge on any atom is 0.232 e. The highest BCUT2D eigenvalue weighted by Gasteiger charge is 2.19. The number of rotatable bonds is 4. The average Bonchev–Trinajstić information content (AvgIpc) is 2.97. The third-order valence-electron chi connectivity index (χ3n) is 3.38. The van der Waals surface area contributed by atoms with E-state index in [4.69, 9.17) is 36.0 Å². The van der Waals surface area contributed by atoms with Crippen LogP contribution in [-0.2, 0) is 0 Å². The Labute approximate surface area is 136 Å². The summed E-state index contributed by atoms with van der Waals surface area (Å²) in [4.78, 5) is 7.99. The Bertz CT molecular complexity index is 854. The fourth-order valence-corrected chi connectivity index (χ4v) is 2.63. The zero-order valence-electron chi connectivity index (χ0n) is 12.7. The summed E-state index contributed by atoms with van der Waals surface area (Å²) in [5, 5.41) is 0.778. The maximum atomic E-state index is 6.19. The van der Waals surface area contributed by atoms with Crippen molar-refractivity contribution in [3.63, 3.8) is 0 Å². The largest absolute Gasteiger partial charge is 0.493 e. The number of hydrogen-bond donors (Lipinski definition) is 1. The van der Waals surface area contributed by atoms with E-state index in [1.165, 1.54) is 6.26 Å². The molecule has 3 rings (SSSR count). The maximum absolute atomic E-state index is 6.19. The Morgan fingerprint density at radius 2 is 1.70 bits per heavy atom. The number of furan rings is 1.